The van der Waals surface area contributed by atoms with E-state index in [4.69, 9.17) is 5.73 Å². The molecule has 0 saturated heterocycles. The van der Waals surface area contributed by atoms with E-state index in [-0.39, 0.29) is 18.5 Å². The number of aryl methyl sites for hydroxylation is 1. The van der Waals surface area contributed by atoms with E-state index < -0.39 is 0 Å². The second-order valence-electron chi connectivity index (χ2n) is 5.35. The molecule has 0 radical (unpaired) electrons. The Kier molecular flexibility index (Phi) is 6.45. The lowest BCUT2D eigenvalue weighted by molar-refractivity contribution is -0.116. The van der Waals surface area contributed by atoms with Crippen molar-refractivity contribution in [1.29, 1.82) is 0 Å². The molecule has 0 saturated carbocycles. The van der Waals surface area contributed by atoms with Gasteiger partial charge in [0.2, 0.25) is 5.91 Å². The van der Waals surface area contributed by atoms with Gasteiger partial charge in [-0.1, -0.05) is 6.92 Å². The molecule has 1 heterocycles. The van der Waals surface area contributed by atoms with Gasteiger partial charge in [0.15, 0.2) is 0 Å². The van der Waals surface area contributed by atoms with E-state index in [1.807, 2.05) is 31.9 Å². The Hall–Kier alpha value is -1.62. The molecule has 0 unspecified atom stereocenters. The van der Waals surface area contributed by atoms with Crippen LogP contribution in [0.1, 0.15) is 38.3 Å². The van der Waals surface area contributed by atoms with E-state index in [0.29, 0.717) is 0 Å². The zero-order chi connectivity index (χ0) is 15.1. The lowest BCUT2D eigenvalue weighted by atomic mass is 10.1. The van der Waals surface area contributed by atoms with Gasteiger partial charge < -0.3 is 16.0 Å². The largest absolute Gasteiger partial charge is 0.368 e. The van der Waals surface area contributed by atoms with Crippen LogP contribution in [0.25, 0.3) is 0 Å². The molecule has 0 spiro atoms. The van der Waals surface area contributed by atoms with Gasteiger partial charge in [0, 0.05) is 18.8 Å². The molecule has 0 atom stereocenters. The molecule has 5 heteroatoms. The number of aromatic nitrogens is 1. The van der Waals surface area contributed by atoms with Crippen molar-refractivity contribution < 1.29 is 4.79 Å². The maximum absolute atomic E-state index is 11.2. The zero-order valence-electron chi connectivity index (χ0n) is 12.9. The molecule has 3 N–H and O–H groups in total. The summed E-state index contributed by atoms with van der Waals surface area (Å²) in [5.74, 6) is 0.492. The van der Waals surface area contributed by atoms with Crippen LogP contribution < -0.4 is 16.0 Å². The highest BCUT2D eigenvalue weighted by Gasteiger charge is 2.16. The van der Waals surface area contributed by atoms with Crippen LogP contribution in [0.2, 0.25) is 0 Å². The first kappa shape index (κ1) is 16.4. The summed E-state index contributed by atoms with van der Waals surface area (Å²) in [6.45, 7) is 10.2. The first-order valence-corrected chi connectivity index (χ1v) is 7.16. The molecule has 5 nitrogen and oxygen atoms in total. The van der Waals surface area contributed by atoms with Crippen LogP contribution in [0.3, 0.4) is 0 Å². The maximum atomic E-state index is 11.2. The molecule has 0 aromatic carbocycles. The summed E-state index contributed by atoms with van der Waals surface area (Å²) < 4.78 is 0. The summed E-state index contributed by atoms with van der Waals surface area (Å²) in [5, 5.41) is 3.35. The van der Waals surface area contributed by atoms with Crippen molar-refractivity contribution in [2.75, 3.05) is 18.0 Å². The van der Waals surface area contributed by atoms with Crippen LogP contribution in [-0.4, -0.2) is 30.0 Å². The quantitative estimate of drug-likeness (QED) is 0.708. The predicted molar refractivity (Wildman–Crippen MR) is 82.6 cm³/mol. The Labute approximate surface area is 121 Å². The number of nitrogens with one attached hydrogen (secondary N) is 1. The van der Waals surface area contributed by atoms with E-state index in [1.165, 1.54) is 0 Å². The van der Waals surface area contributed by atoms with E-state index in [2.05, 4.69) is 23.3 Å². The van der Waals surface area contributed by atoms with Crippen LogP contribution in [0.5, 0.6) is 0 Å². The molecule has 0 aliphatic carbocycles. The van der Waals surface area contributed by atoms with Crippen LogP contribution >= 0.6 is 0 Å². The van der Waals surface area contributed by atoms with E-state index >= 15 is 0 Å². The van der Waals surface area contributed by atoms with Gasteiger partial charge in [-0.25, -0.2) is 4.98 Å². The summed E-state index contributed by atoms with van der Waals surface area (Å²) in [4.78, 5) is 17.6. The number of amides is 1. The number of rotatable bonds is 8. The standard InChI is InChI=1S/C15H26N4O/c1-5-6-17-8-13-7-12(4)15(18-9-13)19(11(2)3)10-14(16)20/h7,9,11,17H,5-6,8,10H2,1-4H3,(H2,16,20). The smallest absolute Gasteiger partial charge is 0.237 e. The van der Waals surface area contributed by atoms with Gasteiger partial charge in [-0.05, 0) is 50.9 Å². The highest BCUT2D eigenvalue weighted by atomic mass is 16.1. The Balaban J connectivity index is 2.86. The third-order valence-electron chi connectivity index (χ3n) is 3.08. The van der Waals surface area contributed by atoms with Crippen molar-refractivity contribution in [3.05, 3.63) is 23.4 Å². The van der Waals surface area contributed by atoms with Crippen molar-refractivity contribution >= 4 is 11.7 Å². The van der Waals surface area contributed by atoms with E-state index in [0.717, 1.165) is 36.5 Å². The van der Waals surface area contributed by atoms with Crippen molar-refractivity contribution in [2.24, 2.45) is 5.73 Å². The minimum atomic E-state index is -0.339. The number of anilines is 1. The average Bonchev–Trinajstić information content (AvgIpc) is 2.36. The summed E-state index contributed by atoms with van der Waals surface area (Å²) in [7, 11) is 0. The van der Waals surface area contributed by atoms with Gasteiger partial charge in [-0.15, -0.1) is 0 Å². The Bertz CT molecular complexity index is 445. The molecule has 1 aromatic heterocycles. The fraction of sp³-hybridized carbons (Fsp3) is 0.600. The minimum Gasteiger partial charge on any atom is -0.368 e. The number of pyridine rings is 1. The van der Waals surface area contributed by atoms with Gasteiger partial charge in [0.25, 0.3) is 0 Å². The summed E-state index contributed by atoms with van der Waals surface area (Å²) >= 11 is 0. The third-order valence-corrected chi connectivity index (χ3v) is 3.08. The van der Waals surface area contributed by atoms with Gasteiger partial charge in [0.1, 0.15) is 5.82 Å². The fourth-order valence-corrected chi connectivity index (χ4v) is 2.10. The van der Waals surface area contributed by atoms with Crippen LogP contribution in [-0.2, 0) is 11.3 Å². The molecule has 112 valence electrons. The second-order valence-corrected chi connectivity index (χ2v) is 5.35. The molecule has 0 fully saturated rings. The number of carbonyl (C=O) groups is 1. The van der Waals surface area contributed by atoms with Crippen LogP contribution in [0.15, 0.2) is 12.3 Å². The number of hydrogen-bond donors (Lipinski definition) is 2. The van der Waals surface area contributed by atoms with Crippen molar-refractivity contribution in [2.45, 2.75) is 46.7 Å². The van der Waals surface area contributed by atoms with E-state index in [9.17, 15) is 4.79 Å². The molecular formula is C15H26N4O. The van der Waals surface area contributed by atoms with Crippen LogP contribution in [0, 0.1) is 6.92 Å². The van der Waals surface area contributed by atoms with E-state index in [1.54, 1.807) is 0 Å². The topological polar surface area (TPSA) is 71.2 Å². The normalized spacial score (nSPS) is 10.8. The molecule has 1 amide bonds. The molecule has 0 aliphatic heterocycles. The maximum Gasteiger partial charge on any atom is 0.237 e. The molecular weight excluding hydrogens is 252 g/mol. The minimum absolute atomic E-state index is 0.178. The Morgan fingerprint density at radius 1 is 1.50 bits per heavy atom. The fourth-order valence-electron chi connectivity index (χ4n) is 2.10. The zero-order valence-corrected chi connectivity index (χ0v) is 12.9. The summed E-state index contributed by atoms with van der Waals surface area (Å²) in [6.07, 6.45) is 2.98. The lowest BCUT2D eigenvalue weighted by Gasteiger charge is -2.28. The van der Waals surface area contributed by atoms with Crippen molar-refractivity contribution in [3.8, 4) is 0 Å². The number of nitrogens with two attached hydrogens (primary N) is 1. The van der Waals surface area contributed by atoms with Crippen molar-refractivity contribution in [1.82, 2.24) is 10.3 Å². The van der Waals surface area contributed by atoms with Crippen molar-refractivity contribution in [3.63, 3.8) is 0 Å². The van der Waals surface area contributed by atoms with Gasteiger partial charge >= 0.3 is 0 Å². The summed E-state index contributed by atoms with van der Waals surface area (Å²) in [6, 6.07) is 2.29. The second kappa shape index (κ2) is 7.85. The SMILES string of the molecule is CCCNCc1cnc(N(CC(N)=O)C(C)C)c(C)c1. The monoisotopic (exact) mass is 278 g/mol. The highest BCUT2D eigenvalue weighted by Crippen LogP contribution is 2.20. The Morgan fingerprint density at radius 3 is 2.70 bits per heavy atom. The number of nitrogens with zero attached hydrogens (tertiary/aromatic N) is 2. The van der Waals surface area contributed by atoms with Gasteiger partial charge in [0.05, 0.1) is 6.54 Å². The number of hydrogen-bond acceptors (Lipinski definition) is 4. The number of primary amides is 1. The molecule has 1 rings (SSSR count). The molecule has 0 bridgehead atoms. The summed E-state index contributed by atoms with van der Waals surface area (Å²) in [5.41, 5.74) is 7.53. The molecule has 20 heavy (non-hydrogen) atoms. The highest BCUT2D eigenvalue weighted by molar-refractivity contribution is 5.79. The van der Waals surface area contributed by atoms with Crippen LogP contribution in [0.4, 0.5) is 5.82 Å². The average molecular weight is 278 g/mol. The first-order valence-electron chi connectivity index (χ1n) is 7.16. The lowest BCUT2D eigenvalue weighted by Crippen LogP contribution is -2.39. The van der Waals surface area contributed by atoms with Gasteiger partial charge in [-0.3, -0.25) is 4.79 Å². The molecule has 0 aliphatic rings. The molecule has 1 aromatic rings. The first-order chi connectivity index (χ1) is 9.45. The Morgan fingerprint density at radius 2 is 2.20 bits per heavy atom. The third kappa shape index (κ3) is 4.81. The number of carbonyl (C=O) groups excluding carboxylic acids is 1. The van der Waals surface area contributed by atoms with Gasteiger partial charge in [-0.2, -0.15) is 0 Å². The predicted octanol–water partition coefficient (Wildman–Crippen LogP) is 1.59.